The van der Waals surface area contributed by atoms with Crippen molar-refractivity contribution in [1.82, 2.24) is 19.4 Å². The van der Waals surface area contributed by atoms with E-state index in [9.17, 15) is 14.0 Å². The maximum atomic E-state index is 14.3. The summed E-state index contributed by atoms with van der Waals surface area (Å²) in [6.07, 6.45) is 7.17. The molecule has 2 aliphatic heterocycles. The minimum atomic E-state index is -0.438. The zero-order chi connectivity index (χ0) is 27.3. The number of hydrogen-bond acceptors (Lipinski definition) is 4. The number of nitrogens with one attached hydrogen (secondary N) is 1. The van der Waals surface area contributed by atoms with Crippen LogP contribution in [0.1, 0.15) is 53.2 Å². The molecule has 1 unspecified atom stereocenters. The van der Waals surface area contributed by atoms with Gasteiger partial charge in [-0.3, -0.25) is 19.5 Å². The average molecular weight is 526 g/mol. The van der Waals surface area contributed by atoms with Crippen LogP contribution in [-0.2, 0) is 17.8 Å². The molecule has 1 saturated heterocycles. The monoisotopic (exact) mass is 525 g/mol. The highest BCUT2D eigenvalue weighted by atomic mass is 19.1. The van der Waals surface area contributed by atoms with Gasteiger partial charge in [-0.05, 0) is 79.8 Å². The number of likely N-dealkylation sites (tertiary alicyclic amines) is 1. The molecule has 1 fully saturated rings. The van der Waals surface area contributed by atoms with Crippen molar-refractivity contribution in [3.05, 3.63) is 89.1 Å². The lowest BCUT2D eigenvalue weighted by Crippen LogP contribution is -2.33. The summed E-state index contributed by atoms with van der Waals surface area (Å²) >= 11 is 0. The Morgan fingerprint density at radius 1 is 1.21 bits per heavy atom. The Morgan fingerprint density at radius 3 is 2.87 bits per heavy atom. The molecule has 1 atom stereocenters. The number of carbonyl (C=O) groups is 2. The highest BCUT2D eigenvalue weighted by Crippen LogP contribution is 2.36. The molecule has 0 radical (unpaired) electrons. The third kappa shape index (κ3) is 4.69. The van der Waals surface area contributed by atoms with Crippen molar-refractivity contribution in [1.29, 1.82) is 0 Å². The van der Waals surface area contributed by atoms with Crippen molar-refractivity contribution >= 4 is 28.4 Å². The molecule has 8 heteroatoms. The molecule has 4 aromatic rings. The van der Waals surface area contributed by atoms with E-state index in [1.54, 1.807) is 24.2 Å². The van der Waals surface area contributed by atoms with Gasteiger partial charge in [0.25, 0.3) is 5.91 Å². The van der Waals surface area contributed by atoms with Gasteiger partial charge in [-0.2, -0.15) is 0 Å². The number of hydrogen-bond donors (Lipinski definition) is 1. The smallest absolute Gasteiger partial charge is 0.256 e. The number of nitrogens with zero attached hydrogens (tertiary/aromatic N) is 4. The predicted molar refractivity (Wildman–Crippen MR) is 150 cm³/mol. The van der Waals surface area contributed by atoms with Crippen LogP contribution in [0.25, 0.3) is 16.6 Å². The summed E-state index contributed by atoms with van der Waals surface area (Å²) in [4.78, 5) is 33.5. The molecule has 2 amide bonds. The van der Waals surface area contributed by atoms with Crippen molar-refractivity contribution in [3.8, 4) is 5.69 Å². The molecular formula is C31H32FN5O2. The number of fused-ring (bicyclic) bond motifs is 2. The van der Waals surface area contributed by atoms with E-state index in [1.165, 1.54) is 23.3 Å². The number of benzene rings is 2. The normalized spacial score (nSPS) is 17.2. The maximum absolute atomic E-state index is 14.3. The van der Waals surface area contributed by atoms with Crippen LogP contribution in [0, 0.1) is 5.82 Å². The largest absolute Gasteiger partial charge is 0.339 e. The Bertz CT molecular complexity index is 1590. The molecule has 6 rings (SSSR count). The van der Waals surface area contributed by atoms with Crippen molar-refractivity contribution in [2.45, 2.75) is 45.2 Å². The van der Waals surface area contributed by atoms with E-state index in [0.29, 0.717) is 23.6 Å². The zero-order valence-corrected chi connectivity index (χ0v) is 22.4. The SMILES string of the molecule is CC(C)N(C)C(=O)c1cc(F)ccc1-n1cc(C2CCN(Cc3ccc4c(c3)NC(=O)C4)C2)c2ccncc21. The van der Waals surface area contributed by atoms with Crippen LogP contribution in [0.2, 0.25) is 0 Å². The lowest BCUT2D eigenvalue weighted by Gasteiger charge is -2.23. The van der Waals surface area contributed by atoms with Crippen molar-refractivity contribution in [2.24, 2.45) is 0 Å². The number of halogens is 1. The molecule has 4 heterocycles. The first-order valence-electron chi connectivity index (χ1n) is 13.4. The summed E-state index contributed by atoms with van der Waals surface area (Å²) in [6, 6.07) is 12.7. The maximum Gasteiger partial charge on any atom is 0.256 e. The summed E-state index contributed by atoms with van der Waals surface area (Å²) in [5.74, 6) is -0.296. The Labute approximate surface area is 227 Å². The van der Waals surface area contributed by atoms with Crippen LogP contribution in [0.5, 0.6) is 0 Å². The van der Waals surface area contributed by atoms with Crippen LogP contribution < -0.4 is 5.32 Å². The fourth-order valence-corrected chi connectivity index (χ4v) is 5.79. The van der Waals surface area contributed by atoms with Gasteiger partial charge >= 0.3 is 0 Å². The van der Waals surface area contributed by atoms with Crippen LogP contribution in [0.4, 0.5) is 10.1 Å². The van der Waals surface area contributed by atoms with Gasteiger partial charge in [-0.1, -0.05) is 12.1 Å². The summed E-state index contributed by atoms with van der Waals surface area (Å²) in [5, 5.41) is 4.04. The summed E-state index contributed by atoms with van der Waals surface area (Å²) in [6.45, 7) is 6.56. The molecular weight excluding hydrogens is 493 g/mol. The van der Waals surface area contributed by atoms with E-state index in [-0.39, 0.29) is 17.9 Å². The van der Waals surface area contributed by atoms with Crippen molar-refractivity contribution in [2.75, 3.05) is 25.5 Å². The second-order valence-electron chi connectivity index (χ2n) is 11.0. The van der Waals surface area contributed by atoms with Crippen LogP contribution in [0.15, 0.2) is 61.1 Å². The molecule has 0 aliphatic carbocycles. The Kier molecular flexibility index (Phi) is 6.43. The number of anilines is 1. The minimum absolute atomic E-state index is 0.0151. The number of carbonyl (C=O) groups excluding carboxylic acids is 2. The first-order chi connectivity index (χ1) is 18.8. The fourth-order valence-electron chi connectivity index (χ4n) is 5.79. The Balaban J connectivity index is 1.31. The number of pyridine rings is 1. The zero-order valence-electron chi connectivity index (χ0n) is 22.4. The second kappa shape index (κ2) is 9.93. The molecule has 7 nitrogen and oxygen atoms in total. The van der Waals surface area contributed by atoms with Gasteiger partial charge in [0.05, 0.1) is 29.4 Å². The van der Waals surface area contributed by atoms with E-state index >= 15 is 0 Å². The minimum Gasteiger partial charge on any atom is -0.339 e. The van der Waals surface area contributed by atoms with Crippen LogP contribution >= 0.6 is 0 Å². The average Bonchev–Trinajstić information content (AvgIpc) is 3.63. The molecule has 39 heavy (non-hydrogen) atoms. The van der Waals surface area contributed by atoms with Crippen LogP contribution in [0.3, 0.4) is 0 Å². The van der Waals surface area contributed by atoms with E-state index in [4.69, 9.17) is 0 Å². The number of amides is 2. The molecule has 2 aromatic heterocycles. The number of aromatic nitrogens is 2. The summed E-state index contributed by atoms with van der Waals surface area (Å²) < 4.78 is 16.3. The molecule has 0 saturated carbocycles. The van der Waals surface area contributed by atoms with Gasteiger partial charge in [0.2, 0.25) is 5.91 Å². The lowest BCUT2D eigenvalue weighted by atomic mass is 9.98. The van der Waals surface area contributed by atoms with E-state index < -0.39 is 5.82 Å². The van der Waals surface area contributed by atoms with E-state index in [1.807, 2.05) is 30.7 Å². The summed E-state index contributed by atoms with van der Waals surface area (Å²) in [5.41, 5.74) is 6.25. The first-order valence-corrected chi connectivity index (χ1v) is 13.4. The summed E-state index contributed by atoms with van der Waals surface area (Å²) in [7, 11) is 1.74. The topological polar surface area (TPSA) is 70.5 Å². The molecule has 0 spiro atoms. The second-order valence-corrected chi connectivity index (χ2v) is 11.0. The number of rotatable bonds is 6. The van der Waals surface area contributed by atoms with Gasteiger partial charge in [0.1, 0.15) is 5.82 Å². The standard InChI is InChI=1S/C31H32FN5O2/c1-19(2)35(3)31(39)25-14-23(32)6-7-28(25)37-18-26(24-8-10-33-15-29(24)37)22-9-11-36(17-22)16-20-4-5-21-13-30(38)34-27(21)12-20/h4-8,10,12,14-15,18-19,22H,9,11,13,16-17H2,1-3H3,(H,34,38). The molecule has 200 valence electrons. The quantitative estimate of drug-likeness (QED) is 0.379. The highest BCUT2D eigenvalue weighted by Gasteiger charge is 2.29. The molecule has 0 bridgehead atoms. The van der Waals surface area contributed by atoms with Gasteiger partial charge in [0, 0.05) is 49.6 Å². The van der Waals surface area contributed by atoms with Gasteiger partial charge in [-0.25, -0.2) is 4.39 Å². The van der Waals surface area contributed by atoms with Gasteiger partial charge in [0.15, 0.2) is 0 Å². The van der Waals surface area contributed by atoms with Gasteiger partial charge in [-0.15, -0.1) is 0 Å². The fraction of sp³-hybridized carbons (Fsp3) is 0.323. The van der Waals surface area contributed by atoms with Crippen molar-refractivity contribution in [3.63, 3.8) is 0 Å². The Hall–Kier alpha value is -4.04. The molecule has 2 aromatic carbocycles. The third-order valence-corrected chi connectivity index (χ3v) is 8.10. The first kappa shape index (κ1) is 25.2. The van der Waals surface area contributed by atoms with Gasteiger partial charge < -0.3 is 14.8 Å². The van der Waals surface area contributed by atoms with E-state index in [0.717, 1.165) is 48.2 Å². The molecule has 1 N–H and O–H groups in total. The van der Waals surface area contributed by atoms with Crippen LogP contribution in [-0.4, -0.2) is 57.3 Å². The third-order valence-electron chi connectivity index (χ3n) is 8.10. The lowest BCUT2D eigenvalue weighted by molar-refractivity contribution is -0.115. The van der Waals surface area contributed by atoms with E-state index in [2.05, 4.69) is 39.6 Å². The highest BCUT2D eigenvalue weighted by molar-refractivity contribution is 6.00. The predicted octanol–water partition coefficient (Wildman–Crippen LogP) is 5.13. The Morgan fingerprint density at radius 2 is 2.05 bits per heavy atom. The molecule has 2 aliphatic rings. The van der Waals surface area contributed by atoms with Crippen molar-refractivity contribution < 1.29 is 14.0 Å².